The summed E-state index contributed by atoms with van der Waals surface area (Å²) in [6.07, 6.45) is 0.976. The van der Waals surface area contributed by atoms with Gasteiger partial charge in [-0.3, -0.25) is 0 Å². The van der Waals surface area contributed by atoms with E-state index >= 15 is 0 Å². The van der Waals surface area contributed by atoms with E-state index < -0.39 is 9.05 Å². The number of halogens is 1. The van der Waals surface area contributed by atoms with Crippen molar-refractivity contribution in [2.75, 3.05) is 6.61 Å². The van der Waals surface area contributed by atoms with Crippen LogP contribution in [0.4, 0.5) is 0 Å². The Kier molecular flexibility index (Phi) is 4.17. The largest absolute Gasteiger partial charge is 0.378 e. The van der Waals surface area contributed by atoms with E-state index in [1.54, 1.807) is 4.57 Å². The van der Waals surface area contributed by atoms with Crippen LogP contribution < -0.4 is 0 Å². The molecule has 2 unspecified atom stereocenters. The van der Waals surface area contributed by atoms with Crippen molar-refractivity contribution < 1.29 is 13.2 Å². The first-order valence-electron chi connectivity index (χ1n) is 6.28. The molecular formula is C11H18ClN3O3S. The molecule has 1 fully saturated rings. The molecule has 6 nitrogen and oxygen atoms in total. The molecule has 2 heterocycles. The van der Waals surface area contributed by atoms with E-state index in [-0.39, 0.29) is 23.1 Å². The van der Waals surface area contributed by atoms with Crippen molar-refractivity contribution in [3.63, 3.8) is 0 Å². The summed E-state index contributed by atoms with van der Waals surface area (Å²) in [5.41, 5.74) is 0. The molecule has 0 bridgehead atoms. The van der Waals surface area contributed by atoms with Crippen molar-refractivity contribution >= 4 is 19.7 Å². The van der Waals surface area contributed by atoms with Crippen molar-refractivity contribution in [2.45, 2.75) is 50.9 Å². The minimum absolute atomic E-state index is 0.0772. The summed E-state index contributed by atoms with van der Waals surface area (Å²) in [4.78, 5) is 0. The third kappa shape index (κ3) is 3.27. The quantitative estimate of drug-likeness (QED) is 0.792. The van der Waals surface area contributed by atoms with Gasteiger partial charge in [0.2, 0.25) is 0 Å². The Balaban J connectivity index is 2.41. The number of hydrogen-bond acceptors (Lipinski definition) is 5. The molecule has 0 aromatic carbocycles. The molecule has 1 aromatic rings. The minimum atomic E-state index is -3.88. The predicted molar refractivity (Wildman–Crippen MR) is 70.7 cm³/mol. The van der Waals surface area contributed by atoms with Crippen LogP contribution in [0.5, 0.6) is 0 Å². The first kappa shape index (κ1) is 14.7. The molecule has 108 valence electrons. The molecule has 0 amide bonds. The minimum Gasteiger partial charge on any atom is -0.378 e. The standard InChI is InChI=1S/C11H18ClN3O3S/c1-7(2)5-15-10(9-4-8(3)18-6-9)13-14-11(15)19(12,16)17/h7-9H,4-6H2,1-3H3. The van der Waals surface area contributed by atoms with Crippen LogP contribution in [-0.4, -0.2) is 35.9 Å². The van der Waals surface area contributed by atoms with Crippen molar-refractivity contribution in [3.05, 3.63) is 5.82 Å². The van der Waals surface area contributed by atoms with Crippen LogP contribution in [0.25, 0.3) is 0 Å². The third-order valence-corrected chi connectivity index (χ3v) is 4.23. The average molecular weight is 308 g/mol. The lowest BCUT2D eigenvalue weighted by molar-refractivity contribution is 0.123. The molecule has 19 heavy (non-hydrogen) atoms. The Bertz CT molecular complexity index is 556. The second-order valence-corrected chi connectivity index (χ2v) is 7.82. The Morgan fingerprint density at radius 2 is 2.16 bits per heavy atom. The predicted octanol–water partition coefficient (Wildman–Crippen LogP) is 1.75. The smallest absolute Gasteiger partial charge is 0.296 e. The summed E-state index contributed by atoms with van der Waals surface area (Å²) in [5, 5.41) is 7.60. The van der Waals surface area contributed by atoms with Gasteiger partial charge in [0.25, 0.3) is 14.2 Å². The lowest BCUT2D eigenvalue weighted by Crippen LogP contribution is -2.16. The summed E-state index contributed by atoms with van der Waals surface area (Å²) in [6, 6.07) is 0. The normalized spacial score (nSPS) is 24.3. The highest BCUT2D eigenvalue weighted by Crippen LogP contribution is 2.30. The van der Waals surface area contributed by atoms with Gasteiger partial charge in [0.05, 0.1) is 12.7 Å². The van der Waals surface area contributed by atoms with Crippen LogP contribution >= 0.6 is 10.7 Å². The highest BCUT2D eigenvalue weighted by Gasteiger charge is 2.31. The van der Waals surface area contributed by atoms with E-state index in [1.807, 2.05) is 20.8 Å². The van der Waals surface area contributed by atoms with Gasteiger partial charge in [0.15, 0.2) is 0 Å². The van der Waals surface area contributed by atoms with Gasteiger partial charge in [-0.2, -0.15) is 0 Å². The topological polar surface area (TPSA) is 74.1 Å². The van der Waals surface area contributed by atoms with Crippen molar-refractivity contribution in [1.82, 2.24) is 14.8 Å². The number of nitrogens with zero attached hydrogens (tertiary/aromatic N) is 3. The highest BCUT2D eigenvalue weighted by molar-refractivity contribution is 8.13. The Labute approximate surface area is 117 Å². The average Bonchev–Trinajstić information content (AvgIpc) is 2.82. The van der Waals surface area contributed by atoms with Crippen LogP contribution in [0.2, 0.25) is 0 Å². The molecular weight excluding hydrogens is 290 g/mol. The summed E-state index contributed by atoms with van der Waals surface area (Å²) in [5.74, 6) is 0.998. The van der Waals surface area contributed by atoms with Gasteiger partial charge in [0, 0.05) is 23.1 Å². The van der Waals surface area contributed by atoms with Crippen LogP contribution in [-0.2, 0) is 20.3 Å². The van der Waals surface area contributed by atoms with E-state index in [4.69, 9.17) is 15.4 Å². The van der Waals surface area contributed by atoms with E-state index in [0.29, 0.717) is 19.0 Å². The second-order valence-electron chi connectivity index (χ2n) is 5.36. The van der Waals surface area contributed by atoms with E-state index in [1.165, 1.54) is 0 Å². The fourth-order valence-electron chi connectivity index (χ4n) is 2.32. The first-order valence-corrected chi connectivity index (χ1v) is 8.59. The monoisotopic (exact) mass is 307 g/mol. The molecule has 1 saturated heterocycles. The van der Waals surface area contributed by atoms with E-state index in [2.05, 4.69) is 10.2 Å². The van der Waals surface area contributed by atoms with Gasteiger partial charge < -0.3 is 9.30 Å². The maximum atomic E-state index is 11.5. The number of rotatable bonds is 4. The molecule has 8 heteroatoms. The van der Waals surface area contributed by atoms with Crippen LogP contribution in [0.1, 0.15) is 38.9 Å². The highest BCUT2D eigenvalue weighted by atomic mass is 35.7. The lowest BCUT2D eigenvalue weighted by Gasteiger charge is -2.14. The number of hydrogen-bond donors (Lipinski definition) is 0. The molecule has 2 rings (SSSR count). The van der Waals surface area contributed by atoms with Crippen molar-refractivity contribution in [2.24, 2.45) is 5.92 Å². The first-order chi connectivity index (χ1) is 8.79. The zero-order chi connectivity index (χ0) is 14.2. The zero-order valence-corrected chi connectivity index (χ0v) is 12.8. The molecule has 0 saturated carbocycles. The summed E-state index contributed by atoms with van der Waals surface area (Å²) in [6.45, 7) is 7.06. The lowest BCUT2D eigenvalue weighted by atomic mass is 10.1. The molecule has 1 aliphatic heterocycles. The van der Waals surface area contributed by atoms with Crippen LogP contribution in [0.3, 0.4) is 0 Å². The fourth-order valence-corrected chi connectivity index (χ4v) is 3.23. The number of aromatic nitrogens is 3. The molecule has 1 aromatic heterocycles. The molecule has 0 N–H and O–H groups in total. The van der Waals surface area contributed by atoms with Gasteiger partial charge >= 0.3 is 0 Å². The molecule has 0 spiro atoms. The SMILES string of the molecule is CC(C)Cn1c(C2COC(C)C2)nnc1S(=O)(=O)Cl. The fraction of sp³-hybridized carbons (Fsp3) is 0.818. The van der Waals surface area contributed by atoms with Crippen LogP contribution in [0.15, 0.2) is 5.16 Å². The Hall–Kier alpha value is -0.660. The van der Waals surface area contributed by atoms with Gasteiger partial charge in [-0.1, -0.05) is 13.8 Å². The van der Waals surface area contributed by atoms with Gasteiger partial charge in [-0.05, 0) is 19.3 Å². The molecule has 0 aliphatic carbocycles. The maximum Gasteiger partial charge on any atom is 0.296 e. The zero-order valence-electron chi connectivity index (χ0n) is 11.2. The second kappa shape index (κ2) is 5.38. The Morgan fingerprint density at radius 1 is 1.47 bits per heavy atom. The Morgan fingerprint density at radius 3 is 2.63 bits per heavy atom. The maximum absolute atomic E-state index is 11.5. The summed E-state index contributed by atoms with van der Waals surface area (Å²) in [7, 11) is 1.53. The van der Waals surface area contributed by atoms with Crippen molar-refractivity contribution in [1.29, 1.82) is 0 Å². The number of ether oxygens (including phenoxy) is 1. The molecule has 2 atom stereocenters. The van der Waals surface area contributed by atoms with Gasteiger partial charge in [0.1, 0.15) is 5.82 Å². The van der Waals surface area contributed by atoms with Gasteiger partial charge in [-0.15, -0.1) is 10.2 Å². The molecule has 0 radical (unpaired) electrons. The van der Waals surface area contributed by atoms with Crippen LogP contribution in [0, 0.1) is 5.92 Å². The van der Waals surface area contributed by atoms with Crippen molar-refractivity contribution in [3.8, 4) is 0 Å². The van der Waals surface area contributed by atoms with E-state index in [9.17, 15) is 8.42 Å². The third-order valence-electron chi connectivity index (χ3n) is 3.07. The summed E-state index contributed by atoms with van der Waals surface area (Å²) < 4.78 is 30.2. The summed E-state index contributed by atoms with van der Waals surface area (Å²) >= 11 is 0. The van der Waals surface area contributed by atoms with Gasteiger partial charge in [-0.25, -0.2) is 8.42 Å². The molecule has 1 aliphatic rings. The van der Waals surface area contributed by atoms with E-state index in [0.717, 1.165) is 6.42 Å².